The molecule has 0 unspecified atom stereocenters. The van der Waals surface area contributed by atoms with Crippen molar-refractivity contribution in [1.82, 2.24) is 10.2 Å². The van der Waals surface area contributed by atoms with E-state index in [1.54, 1.807) is 23.1 Å². The molecule has 32 heavy (non-hydrogen) atoms. The van der Waals surface area contributed by atoms with Crippen LogP contribution >= 0.6 is 0 Å². The zero-order valence-electron chi connectivity index (χ0n) is 18.1. The highest BCUT2D eigenvalue weighted by Crippen LogP contribution is 2.23. The zero-order valence-corrected chi connectivity index (χ0v) is 18.1. The molecule has 1 saturated heterocycles. The summed E-state index contributed by atoms with van der Waals surface area (Å²) in [4.78, 5) is 26.6. The van der Waals surface area contributed by atoms with E-state index in [0.29, 0.717) is 63.2 Å². The molecule has 2 aromatic carbocycles. The zero-order chi connectivity index (χ0) is 22.9. The van der Waals surface area contributed by atoms with Gasteiger partial charge in [-0.15, -0.1) is 0 Å². The third-order valence-electron chi connectivity index (χ3n) is 5.27. The summed E-state index contributed by atoms with van der Waals surface area (Å²) >= 11 is 0. The number of hydrogen-bond donors (Lipinski definition) is 1. The molecule has 0 spiro atoms. The Labute approximate surface area is 186 Å². The van der Waals surface area contributed by atoms with Gasteiger partial charge in [0.15, 0.2) is 11.6 Å². The minimum atomic E-state index is -0.727. The lowest BCUT2D eigenvalue weighted by Crippen LogP contribution is -2.42. The van der Waals surface area contributed by atoms with Gasteiger partial charge >= 0.3 is 0 Å². The number of hydrogen-bond acceptors (Lipinski definition) is 4. The number of nitrogens with zero attached hydrogens (tertiary/aromatic N) is 1. The summed E-state index contributed by atoms with van der Waals surface area (Å²) in [7, 11) is 0. The quantitative estimate of drug-likeness (QED) is 0.593. The van der Waals surface area contributed by atoms with E-state index in [0.717, 1.165) is 12.1 Å². The Hall–Kier alpha value is -3.16. The smallest absolute Gasteiger partial charge is 0.255 e. The van der Waals surface area contributed by atoms with Crippen molar-refractivity contribution in [2.24, 2.45) is 0 Å². The number of likely N-dealkylation sites (tertiary alicyclic amines) is 1. The molecule has 1 aliphatic heterocycles. The summed E-state index contributed by atoms with van der Waals surface area (Å²) in [5.41, 5.74) is 0.473. The molecule has 0 aliphatic carbocycles. The van der Waals surface area contributed by atoms with Crippen LogP contribution in [0.15, 0.2) is 42.5 Å². The van der Waals surface area contributed by atoms with Crippen LogP contribution in [-0.2, 0) is 4.79 Å². The van der Waals surface area contributed by atoms with Crippen molar-refractivity contribution in [1.29, 1.82) is 0 Å². The minimum Gasteiger partial charge on any atom is -0.493 e. The Kier molecular flexibility index (Phi) is 8.41. The fraction of sp³-hybridized carbons (Fsp3) is 0.417. The molecule has 1 N–H and O–H groups in total. The molecule has 0 radical (unpaired) electrons. The monoisotopic (exact) mass is 446 g/mol. The van der Waals surface area contributed by atoms with E-state index in [4.69, 9.17) is 9.47 Å². The molecule has 0 aromatic heterocycles. The van der Waals surface area contributed by atoms with Gasteiger partial charge in [-0.1, -0.05) is 12.1 Å². The lowest BCUT2D eigenvalue weighted by Gasteiger charge is -2.32. The first-order chi connectivity index (χ1) is 15.5. The topological polar surface area (TPSA) is 67.9 Å². The highest BCUT2D eigenvalue weighted by molar-refractivity contribution is 5.96. The molecule has 172 valence electrons. The van der Waals surface area contributed by atoms with Crippen molar-refractivity contribution >= 4 is 11.8 Å². The number of rotatable bonds is 9. The van der Waals surface area contributed by atoms with E-state index in [9.17, 15) is 18.4 Å². The lowest BCUT2D eigenvalue weighted by atomic mass is 10.1. The van der Waals surface area contributed by atoms with Crippen LogP contribution in [0.4, 0.5) is 8.78 Å². The van der Waals surface area contributed by atoms with Crippen LogP contribution in [0.25, 0.3) is 0 Å². The second-order valence-electron chi connectivity index (χ2n) is 7.56. The molecule has 0 bridgehead atoms. The van der Waals surface area contributed by atoms with Crippen molar-refractivity contribution in [3.05, 3.63) is 59.7 Å². The molecule has 1 fully saturated rings. The molecule has 6 nitrogen and oxygen atoms in total. The van der Waals surface area contributed by atoms with Crippen molar-refractivity contribution < 1.29 is 27.8 Å². The van der Waals surface area contributed by atoms with Gasteiger partial charge in [-0.3, -0.25) is 9.59 Å². The van der Waals surface area contributed by atoms with E-state index < -0.39 is 11.6 Å². The van der Waals surface area contributed by atoms with Gasteiger partial charge in [0, 0.05) is 45.0 Å². The molecule has 3 rings (SSSR count). The summed E-state index contributed by atoms with van der Waals surface area (Å²) < 4.78 is 37.8. The number of amides is 2. The molecule has 2 amide bonds. The Bertz CT molecular complexity index is 930. The third-order valence-corrected chi connectivity index (χ3v) is 5.27. The van der Waals surface area contributed by atoms with Crippen LogP contribution in [0.3, 0.4) is 0 Å². The number of halogens is 2. The van der Waals surface area contributed by atoms with E-state index in [1.807, 2.05) is 13.0 Å². The Morgan fingerprint density at radius 1 is 1.09 bits per heavy atom. The Balaban J connectivity index is 1.37. The fourth-order valence-corrected chi connectivity index (χ4v) is 3.60. The molecular weight excluding hydrogens is 418 g/mol. The van der Waals surface area contributed by atoms with Crippen LogP contribution in [0, 0.1) is 11.6 Å². The first-order valence-electron chi connectivity index (χ1n) is 10.9. The highest BCUT2D eigenvalue weighted by Gasteiger charge is 2.24. The van der Waals surface area contributed by atoms with Crippen LogP contribution in [0.5, 0.6) is 11.5 Å². The molecule has 2 aromatic rings. The van der Waals surface area contributed by atoms with E-state index in [-0.39, 0.29) is 23.7 Å². The maximum atomic E-state index is 13.7. The number of para-hydroxylation sites is 1. The third kappa shape index (κ3) is 6.42. The number of nitrogens with one attached hydrogen (secondary N) is 1. The summed E-state index contributed by atoms with van der Waals surface area (Å²) in [6.45, 7) is 3.74. The normalized spacial score (nSPS) is 14.2. The maximum absolute atomic E-state index is 13.7. The van der Waals surface area contributed by atoms with Crippen LogP contribution in [0.2, 0.25) is 0 Å². The molecule has 1 heterocycles. The fourth-order valence-electron chi connectivity index (χ4n) is 3.60. The van der Waals surface area contributed by atoms with E-state index >= 15 is 0 Å². The predicted octanol–water partition coefficient (Wildman–Crippen LogP) is 3.94. The van der Waals surface area contributed by atoms with Crippen molar-refractivity contribution in [2.75, 3.05) is 26.2 Å². The molecule has 0 atom stereocenters. The maximum Gasteiger partial charge on any atom is 0.255 e. The number of ether oxygens (including phenoxy) is 2. The number of carbonyl (C=O) groups excluding carboxylic acids is 2. The molecule has 8 heteroatoms. The number of benzene rings is 2. The summed E-state index contributed by atoms with van der Waals surface area (Å²) in [5, 5.41) is 2.83. The van der Waals surface area contributed by atoms with Gasteiger partial charge < -0.3 is 19.7 Å². The van der Waals surface area contributed by atoms with Gasteiger partial charge in [0.1, 0.15) is 17.7 Å². The summed E-state index contributed by atoms with van der Waals surface area (Å²) in [5.74, 6) is -1.03. The van der Waals surface area contributed by atoms with Gasteiger partial charge in [0.2, 0.25) is 5.91 Å². The molecular formula is C24H28F2N2O4. The number of piperidine rings is 1. The molecule has 0 saturated carbocycles. The van der Waals surface area contributed by atoms with Gasteiger partial charge in [-0.25, -0.2) is 8.78 Å². The first-order valence-corrected chi connectivity index (χ1v) is 10.9. The first kappa shape index (κ1) is 23.5. The highest BCUT2D eigenvalue weighted by atomic mass is 19.1. The summed E-state index contributed by atoms with van der Waals surface area (Å²) in [6.07, 6.45) is 1.79. The minimum absolute atomic E-state index is 0.0142. The van der Waals surface area contributed by atoms with Crippen molar-refractivity contribution in [3.63, 3.8) is 0 Å². The predicted molar refractivity (Wildman–Crippen MR) is 116 cm³/mol. The standard InChI is InChI=1S/C24H28F2N2O4/c1-2-31-21-7-4-3-6-19(21)24(30)27-13-5-8-23(29)28-14-11-18(12-15-28)32-22-10-9-17(25)16-20(22)26/h3-4,6-7,9-10,16,18H,2,5,8,11-15H2,1H3,(H,27,30). The van der Waals surface area contributed by atoms with Crippen LogP contribution in [-0.4, -0.2) is 49.1 Å². The summed E-state index contributed by atoms with van der Waals surface area (Å²) in [6, 6.07) is 10.3. The number of carbonyl (C=O) groups is 2. The van der Waals surface area contributed by atoms with Gasteiger partial charge in [0.25, 0.3) is 5.91 Å². The van der Waals surface area contributed by atoms with E-state index in [2.05, 4.69) is 5.32 Å². The largest absolute Gasteiger partial charge is 0.493 e. The SMILES string of the molecule is CCOc1ccccc1C(=O)NCCCC(=O)N1CCC(Oc2ccc(F)cc2F)CC1. The van der Waals surface area contributed by atoms with Crippen molar-refractivity contribution in [3.8, 4) is 11.5 Å². The van der Waals surface area contributed by atoms with Crippen molar-refractivity contribution in [2.45, 2.75) is 38.7 Å². The average molecular weight is 446 g/mol. The second-order valence-corrected chi connectivity index (χ2v) is 7.56. The lowest BCUT2D eigenvalue weighted by molar-refractivity contribution is -0.133. The Morgan fingerprint density at radius 3 is 2.56 bits per heavy atom. The van der Waals surface area contributed by atoms with Crippen LogP contribution < -0.4 is 14.8 Å². The Morgan fingerprint density at radius 2 is 1.84 bits per heavy atom. The van der Waals surface area contributed by atoms with Gasteiger partial charge in [-0.05, 0) is 37.6 Å². The van der Waals surface area contributed by atoms with Gasteiger partial charge in [-0.2, -0.15) is 0 Å². The van der Waals surface area contributed by atoms with E-state index in [1.165, 1.54) is 6.07 Å². The van der Waals surface area contributed by atoms with Gasteiger partial charge in [0.05, 0.1) is 12.2 Å². The molecule has 1 aliphatic rings. The van der Waals surface area contributed by atoms with Crippen LogP contribution in [0.1, 0.15) is 43.0 Å². The average Bonchev–Trinajstić information content (AvgIpc) is 2.79. The second kappa shape index (κ2) is 11.5.